The topological polar surface area (TPSA) is 58.4 Å². The number of rotatable bonds is 5. The lowest BCUT2D eigenvalue weighted by atomic mass is 10.1. The third-order valence-corrected chi connectivity index (χ3v) is 3.40. The van der Waals surface area contributed by atoms with Gasteiger partial charge in [-0.3, -0.25) is 9.69 Å². The third-order valence-electron chi connectivity index (χ3n) is 3.40. The van der Waals surface area contributed by atoms with Crippen LogP contribution in [0.1, 0.15) is 12.0 Å². The molecule has 106 valence electrons. The van der Waals surface area contributed by atoms with E-state index >= 15 is 0 Å². The molecule has 1 aliphatic rings. The van der Waals surface area contributed by atoms with Gasteiger partial charge in [-0.15, -0.1) is 12.4 Å². The first kappa shape index (κ1) is 16.0. The van der Waals surface area contributed by atoms with Crippen LogP contribution in [0.25, 0.3) is 0 Å². The molecule has 4 nitrogen and oxygen atoms in total. The molecule has 0 saturated carbocycles. The number of hydrogen-bond acceptors (Lipinski definition) is 3. The lowest BCUT2D eigenvalue weighted by Gasteiger charge is -2.15. The molecule has 1 aromatic rings. The largest absolute Gasteiger partial charge is 0.351 e. The van der Waals surface area contributed by atoms with E-state index in [1.807, 2.05) is 30.3 Å². The number of benzene rings is 1. The highest BCUT2D eigenvalue weighted by molar-refractivity contribution is 5.85. The van der Waals surface area contributed by atoms with Crippen molar-refractivity contribution in [1.82, 2.24) is 10.2 Å². The molecule has 19 heavy (non-hydrogen) atoms. The van der Waals surface area contributed by atoms with Crippen molar-refractivity contribution in [3.8, 4) is 0 Å². The van der Waals surface area contributed by atoms with E-state index in [1.165, 1.54) is 0 Å². The van der Waals surface area contributed by atoms with Gasteiger partial charge in [0, 0.05) is 13.1 Å². The predicted octanol–water partition coefficient (Wildman–Crippen LogP) is 1.01. The van der Waals surface area contributed by atoms with Gasteiger partial charge in [0.15, 0.2) is 0 Å². The Hall–Kier alpha value is -1.10. The minimum absolute atomic E-state index is 0. The Labute approximate surface area is 120 Å². The molecule has 1 aromatic carbocycles. The first-order valence-corrected chi connectivity index (χ1v) is 6.51. The standard InChI is InChI=1S/C14H21N3O.ClH/c15-8-13-6-7-17(10-13)11-14(18)16-9-12-4-2-1-3-5-12;/h1-5,13H,6-11,15H2,(H,16,18);1H. The number of halogens is 1. The van der Waals surface area contributed by atoms with Crippen molar-refractivity contribution in [2.24, 2.45) is 11.7 Å². The van der Waals surface area contributed by atoms with Crippen molar-refractivity contribution in [3.63, 3.8) is 0 Å². The van der Waals surface area contributed by atoms with E-state index in [-0.39, 0.29) is 18.3 Å². The van der Waals surface area contributed by atoms with Crippen LogP contribution in [-0.4, -0.2) is 37.0 Å². The third kappa shape index (κ3) is 5.19. The molecule has 0 bridgehead atoms. The van der Waals surface area contributed by atoms with Crippen LogP contribution in [0, 0.1) is 5.92 Å². The van der Waals surface area contributed by atoms with Crippen LogP contribution in [0.5, 0.6) is 0 Å². The Morgan fingerprint density at radius 2 is 2.11 bits per heavy atom. The molecule has 3 N–H and O–H groups in total. The Morgan fingerprint density at radius 3 is 2.74 bits per heavy atom. The zero-order chi connectivity index (χ0) is 12.8. The van der Waals surface area contributed by atoms with Crippen LogP contribution in [0.3, 0.4) is 0 Å². The van der Waals surface area contributed by atoms with Crippen molar-refractivity contribution in [3.05, 3.63) is 35.9 Å². The molecule has 0 spiro atoms. The summed E-state index contributed by atoms with van der Waals surface area (Å²) < 4.78 is 0. The van der Waals surface area contributed by atoms with Gasteiger partial charge >= 0.3 is 0 Å². The molecule has 2 rings (SSSR count). The summed E-state index contributed by atoms with van der Waals surface area (Å²) in [4.78, 5) is 14.0. The van der Waals surface area contributed by atoms with Gasteiger partial charge in [0.05, 0.1) is 6.54 Å². The quantitative estimate of drug-likeness (QED) is 0.848. The average Bonchev–Trinajstić information content (AvgIpc) is 2.85. The highest BCUT2D eigenvalue weighted by Crippen LogP contribution is 2.13. The van der Waals surface area contributed by atoms with Crippen LogP contribution >= 0.6 is 12.4 Å². The summed E-state index contributed by atoms with van der Waals surface area (Å²) in [6.07, 6.45) is 1.11. The predicted molar refractivity (Wildman–Crippen MR) is 79.1 cm³/mol. The van der Waals surface area contributed by atoms with Crippen LogP contribution in [0.2, 0.25) is 0 Å². The number of hydrogen-bond donors (Lipinski definition) is 2. The number of nitrogens with one attached hydrogen (secondary N) is 1. The lowest BCUT2D eigenvalue weighted by molar-refractivity contribution is -0.122. The van der Waals surface area contributed by atoms with E-state index in [0.29, 0.717) is 19.0 Å². The van der Waals surface area contributed by atoms with Gasteiger partial charge in [0.1, 0.15) is 0 Å². The molecular weight excluding hydrogens is 262 g/mol. The van der Waals surface area contributed by atoms with Gasteiger partial charge in [0.2, 0.25) is 5.91 Å². The molecule has 5 heteroatoms. The van der Waals surface area contributed by atoms with E-state index in [2.05, 4.69) is 10.2 Å². The number of carbonyl (C=O) groups excluding carboxylic acids is 1. The van der Waals surface area contributed by atoms with Crippen LogP contribution < -0.4 is 11.1 Å². The fraction of sp³-hybridized carbons (Fsp3) is 0.500. The summed E-state index contributed by atoms with van der Waals surface area (Å²) in [6.45, 7) is 3.76. The van der Waals surface area contributed by atoms with Crippen LogP contribution in [-0.2, 0) is 11.3 Å². The molecule has 1 heterocycles. The summed E-state index contributed by atoms with van der Waals surface area (Å²) in [6, 6.07) is 9.96. The Morgan fingerprint density at radius 1 is 1.37 bits per heavy atom. The maximum Gasteiger partial charge on any atom is 0.234 e. The molecule has 1 aliphatic heterocycles. The van der Waals surface area contributed by atoms with Gasteiger partial charge in [-0.05, 0) is 31.0 Å². The number of nitrogens with two attached hydrogens (primary N) is 1. The van der Waals surface area contributed by atoms with Gasteiger partial charge in [-0.1, -0.05) is 30.3 Å². The van der Waals surface area contributed by atoms with Gasteiger partial charge in [-0.2, -0.15) is 0 Å². The second kappa shape index (κ2) is 8.15. The van der Waals surface area contributed by atoms with Crippen molar-refractivity contribution in [2.45, 2.75) is 13.0 Å². The zero-order valence-electron chi connectivity index (χ0n) is 11.0. The zero-order valence-corrected chi connectivity index (χ0v) is 11.9. The van der Waals surface area contributed by atoms with E-state index < -0.39 is 0 Å². The number of amides is 1. The fourth-order valence-corrected chi connectivity index (χ4v) is 2.30. The second-order valence-electron chi connectivity index (χ2n) is 4.89. The van der Waals surface area contributed by atoms with E-state index in [4.69, 9.17) is 5.73 Å². The van der Waals surface area contributed by atoms with E-state index in [0.717, 1.165) is 31.6 Å². The second-order valence-corrected chi connectivity index (χ2v) is 4.89. The summed E-state index contributed by atoms with van der Waals surface area (Å²) in [5.74, 6) is 0.656. The monoisotopic (exact) mass is 283 g/mol. The smallest absolute Gasteiger partial charge is 0.234 e. The Bertz CT molecular complexity index is 386. The van der Waals surface area contributed by atoms with Crippen molar-refractivity contribution in [1.29, 1.82) is 0 Å². The molecule has 0 aromatic heterocycles. The maximum atomic E-state index is 11.8. The average molecular weight is 284 g/mol. The Kier molecular flexibility index (Phi) is 6.84. The molecule has 0 aliphatic carbocycles. The highest BCUT2D eigenvalue weighted by Gasteiger charge is 2.22. The minimum atomic E-state index is 0. The molecule has 1 saturated heterocycles. The van der Waals surface area contributed by atoms with Crippen LogP contribution in [0.15, 0.2) is 30.3 Å². The van der Waals surface area contributed by atoms with Crippen molar-refractivity contribution in [2.75, 3.05) is 26.2 Å². The molecular formula is C14H22ClN3O. The summed E-state index contributed by atoms with van der Waals surface area (Å²) >= 11 is 0. The number of nitrogens with zero attached hydrogens (tertiary/aromatic N) is 1. The molecule has 1 unspecified atom stereocenters. The van der Waals surface area contributed by atoms with Crippen LogP contribution in [0.4, 0.5) is 0 Å². The molecule has 0 radical (unpaired) electrons. The van der Waals surface area contributed by atoms with E-state index in [1.54, 1.807) is 0 Å². The number of carbonyl (C=O) groups is 1. The molecule has 1 fully saturated rings. The summed E-state index contributed by atoms with van der Waals surface area (Å²) in [5.41, 5.74) is 6.77. The molecule has 1 atom stereocenters. The molecule has 1 amide bonds. The number of likely N-dealkylation sites (tertiary alicyclic amines) is 1. The van der Waals surface area contributed by atoms with E-state index in [9.17, 15) is 4.79 Å². The summed E-state index contributed by atoms with van der Waals surface area (Å²) in [7, 11) is 0. The SMILES string of the molecule is Cl.NCC1CCN(CC(=O)NCc2ccccc2)C1. The normalized spacial score (nSPS) is 18.9. The van der Waals surface area contributed by atoms with Gasteiger partial charge in [-0.25, -0.2) is 0 Å². The first-order valence-electron chi connectivity index (χ1n) is 6.51. The highest BCUT2D eigenvalue weighted by atomic mass is 35.5. The van der Waals surface area contributed by atoms with Crippen molar-refractivity contribution < 1.29 is 4.79 Å². The lowest BCUT2D eigenvalue weighted by Crippen LogP contribution is -2.36. The van der Waals surface area contributed by atoms with Gasteiger partial charge in [0.25, 0.3) is 0 Å². The fourth-order valence-electron chi connectivity index (χ4n) is 2.30. The van der Waals surface area contributed by atoms with Crippen molar-refractivity contribution >= 4 is 18.3 Å². The Balaban J connectivity index is 0.00000180. The first-order chi connectivity index (χ1) is 8.78. The van der Waals surface area contributed by atoms with Gasteiger partial charge < -0.3 is 11.1 Å². The minimum Gasteiger partial charge on any atom is -0.351 e. The maximum absolute atomic E-state index is 11.8. The summed E-state index contributed by atoms with van der Waals surface area (Å²) in [5, 5.41) is 2.95.